The van der Waals surface area contributed by atoms with Crippen LogP contribution in [0.4, 0.5) is 0 Å². The number of methoxy groups -OCH3 is 2. The number of rotatable bonds is 10. The summed E-state index contributed by atoms with van der Waals surface area (Å²) >= 11 is 0. The van der Waals surface area contributed by atoms with E-state index in [1.165, 1.54) is 11.1 Å². The van der Waals surface area contributed by atoms with Crippen LogP contribution in [0, 0.1) is 6.92 Å². The van der Waals surface area contributed by atoms with Gasteiger partial charge in [0, 0.05) is 32.4 Å². The third-order valence-corrected chi connectivity index (χ3v) is 4.68. The van der Waals surface area contributed by atoms with Crippen molar-refractivity contribution in [1.82, 2.24) is 20.4 Å². The quantitative estimate of drug-likeness (QED) is 0.220. The Balaban J connectivity index is 0.00000420. The average molecular weight is 515 g/mol. The summed E-state index contributed by atoms with van der Waals surface area (Å²) in [6, 6.07) is 6.06. The number of nitrogens with zero attached hydrogens (tertiary/aromatic N) is 3. The van der Waals surface area contributed by atoms with Crippen molar-refractivity contribution in [2.24, 2.45) is 4.99 Å². The number of H-pyrrole nitrogens is 1. The topological polar surface area (TPSA) is 74.8 Å². The Morgan fingerprint density at radius 2 is 1.97 bits per heavy atom. The van der Waals surface area contributed by atoms with Gasteiger partial charge in [0.05, 0.1) is 20.4 Å². The first kappa shape index (κ1) is 25.1. The maximum absolute atomic E-state index is 5.39. The first-order valence-corrected chi connectivity index (χ1v) is 9.78. The Kier molecular flexibility index (Phi) is 11.5. The summed E-state index contributed by atoms with van der Waals surface area (Å²) in [5, 5.41) is 10.4. The van der Waals surface area contributed by atoms with E-state index < -0.39 is 0 Å². The van der Waals surface area contributed by atoms with E-state index in [0.29, 0.717) is 0 Å². The molecule has 0 spiro atoms. The monoisotopic (exact) mass is 515 g/mol. The number of hydrogen-bond acceptors (Lipinski definition) is 4. The third-order valence-electron chi connectivity index (χ3n) is 4.68. The van der Waals surface area contributed by atoms with Crippen molar-refractivity contribution in [3.8, 4) is 11.5 Å². The Bertz CT molecular complexity index is 763. The molecule has 7 nitrogen and oxygen atoms in total. The van der Waals surface area contributed by atoms with E-state index in [1.807, 2.05) is 18.3 Å². The molecule has 0 aliphatic rings. The Morgan fingerprint density at radius 1 is 1.21 bits per heavy atom. The van der Waals surface area contributed by atoms with Crippen molar-refractivity contribution >= 4 is 29.9 Å². The van der Waals surface area contributed by atoms with Gasteiger partial charge in [-0.1, -0.05) is 6.07 Å². The second kappa shape index (κ2) is 13.3. The summed E-state index contributed by atoms with van der Waals surface area (Å²) < 4.78 is 10.7. The van der Waals surface area contributed by atoms with Crippen LogP contribution in [0.2, 0.25) is 0 Å². The molecule has 0 atom stereocenters. The molecule has 1 aromatic heterocycles. The highest BCUT2D eigenvalue weighted by Gasteiger charge is 2.08. The minimum atomic E-state index is 0. The third kappa shape index (κ3) is 7.75. The highest BCUT2D eigenvalue weighted by atomic mass is 127. The molecule has 8 heteroatoms. The molecule has 0 radical (unpaired) electrons. The molecular formula is C21H34IN5O2. The van der Waals surface area contributed by atoms with Crippen LogP contribution in [0.15, 0.2) is 29.4 Å². The molecule has 0 saturated carbocycles. The van der Waals surface area contributed by atoms with Crippen molar-refractivity contribution in [3.63, 3.8) is 0 Å². The fourth-order valence-electron chi connectivity index (χ4n) is 2.99. The fraction of sp³-hybridized carbons (Fsp3) is 0.524. The summed E-state index contributed by atoms with van der Waals surface area (Å²) in [4.78, 5) is 6.94. The zero-order valence-corrected chi connectivity index (χ0v) is 20.4. The van der Waals surface area contributed by atoms with E-state index in [-0.39, 0.29) is 24.0 Å². The van der Waals surface area contributed by atoms with Crippen molar-refractivity contribution in [1.29, 1.82) is 0 Å². The molecule has 1 aromatic carbocycles. The Morgan fingerprint density at radius 3 is 2.59 bits per heavy atom. The minimum absolute atomic E-state index is 0. The first-order chi connectivity index (χ1) is 13.6. The molecule has 0 aliphatic carbocycles. The maximum atomic E-state index is 5.39. The summed E-state index contributed by atoms with van der Waals surface area (Å²) in [7, 11) is 5.38. The molecule has 0 bridgehead atoms. The smallest absolute Gasteiger partial charge is 0.193 e. The number of halogens is 1. The highest BCUT2D eigenvalue weighted by molar-refractivity contribution is 14.0. The molecular weight excluding hydrogens is 481 g/mol. The van der Waals surface area contributed by atoms with Crippen molar-refractivity contribution < 1.29 is 9.47 Å². The zero-order chi connectivity index (χ0) is 20.4. The number of guanidine groups is 1. The second-order valence-electron chi connectivity index (χ2n) is 6.72. The van der Waals surface area contributed by atoms with E-state index in [1.54, 1.807) is 14.2 Å². The van der Waals surface area contributed by atoms with Crippen LogP contribution in [-0.4, -0.2) is 62.0 Å². The van der Waals surface area contributed by atoms with Gasteiger partial charge in [-0.05, 0) is 56.4 Å². The summed E-state index contributed by atoms with van der Waals surface area (Å²) in [5.41, 5.74) is 3.61. The predicted octanol–water partition coefficient (Wildman–Crippen LogP) is 3.43. The number of hydrogen-bond donors (Lipinski definition) is 2. The molecule has 0 fully saturated rings. The minimum Gasteiger partial charge on any atom is -0.493 e. The van der Waals surface area contributed by atoms with Crippen LogP contribution in [0.25, 0.3) is 0 Å². The van der Waals surface area contributed by atoms with Crippen LogP contribution in [-0.2, 0) is 12.8 Å². The average Bonchev–Trinajstić information content (AvgIpc) is 3.12. The lowest BCUT2D eigenvalue weighted by Gasteiger charge is -2.22. The number of aromatic amines is 1. The standard InChI is InChI=1S/C21H33N5O2.HI/c1-6-22-21(23-12-7-8-18-15-24-25-16(18)2)26(3)13-11-17-9-10-19(27-4)20(14-17)28-5;/h9-10,14-15H,6-8,11-13H2,1-5H3,(H,22,23)(H,24,25);1H. The molecule has 2 N–H and O–H groups in total. The number of nitrogens with one attached hydrogen (secondary N) is 2. The molecule has 0 saturated heterocycles. The molecule has 162 valence electrons. The van der Waals surface area contributed by atoms with Crippen molar-refractivity contribution in [3.05, 3.63) is 41.2 Å². The zero-order valence-electron chi connectivity index (χ0n) is 18.1. The van der Waals surface area contributed by atoms with Gasteiger partial charge in [-0.3, -0.25) is 10.1 Å². The number of benzene rings is 1. The second-order valence-corrected chi connectivity index (χ2v) is 6.72. The summed E-state index contributed by atoms with van der Waals surface area (Å²) in [6.07, 6.45) is 4.79. The Labute approximate surface area is 191 Å². The molecule has 0 aliphatic heterocycles. The van der Waals surface area contributed by atoms with Crippen LogP contribution >= 0.6 is 24.0 Å². The Hall–Kier alpha value is -1.97. The van der Waals surface area contributed by atoms with Crippen LogP contribution in [0.5, 0.6) is 11.5 Å². The first-order valence-electron chi connectivity index (χ1n) is 9.78. The maximum Gasteiger partial charge on any atom is 0.193 e. The van der Waals surface area contributed by atoms with Crippen LogP contribution < -0.4 is 14.8 Å². The van der Waals surface area contributed by atoms with Gasteiger partial charge in [-0.25, -0.2) is 0 Å². The molecule has 0 unspecified atom stereocenters. The molecule has 2 aromatic rings. The molecule has 1 heterocycles. The number of aliphatic imine (C=N–C) groups is 1. The lowest BCUT2D eigenvalue weighted by Crippen LogP contribution is -2.40. The van der Waals surface area contributed by atoms with Gasteiger partial charge in [0.15, 0.2) is 17.5 Å². The van der Waals surface area contributed by atoms with E-state index in [9.17, 15) is 0 Å². The molecule has 0 amide bonds. The summed E-state index contributed by atoms with van der Waals surface area (Å²) in [6.45, 7) is 6.64. The van der Waals surface area contributed by atoms with E-state index in [4.69, 9.17) is 14.5 Å². The number of aromatic nitrogens is 2. The predicted molar refractivity (Wildman–Crippen MR) is 129 cm³/mol. The van der Waals surface area contributed by atoms with Crippen molar-refractivity contribution in [2.75, 3.05) is 40.9 Å². The van der Waals surface area contributed by atoms with Gasteiger partial charge in [0.1, 0.15) is 0 Å². The SMILES string of the molecule is CCNC(=NCCCc1cn[nH]c1C)N(C)CCc1ccc(OC)c(OC)c1.I. The van der Waals surface area contributed by atoms with Gasteiger partial charge in [-0.15, -0.1) is 24.0 Å². The largest absolute Gasteiger partial charge is 0.493 e. The van der Waals surface area contributed by atoms with Gasteiger partial charge in [0.25, 0.3) is 0 Å². The van der Waals surface area contributed by atoms with Crippen molar-refractivity contribution in [2.45, 2.75) is 33.1 Å². The number of likely N-dealkylation sites (N-methyl/N-ethyl adjacent to an activating group) is 1. The lowest BCUT2D eigenvalue weighted by atomic mass is 10.1. The van der Waals surface area contributed by atoms with Gasteiger partial charge in [-0.2, -0.15) is 5.10 Å². The van der Waals surface area contributed by atoms with Gasteiger partial charge >= 0.3 is 0 Å². The van der Waals surface area contributed by atoms with Gasteiger partial charge < -0.3 is 19.7 Å². The molecule has 2 rings (SSSR count). The normalized spacial score (nSPS) is 11.0. The van der Waals surface area contributed by atoms with E-state index in [2.05, 4.69) is 47.4 Å². The lowest BCUT2D eigenvalue weighted by molar-refractivity contribution is 0.354. The highest BCUT2D eigenvalue weighted by Crippen LogP contribution is 2.27. The van der Waals surface area contributed by atoms with E-state index >= 15 is 0 Å². The van der Waals surface area contributed by atoms with Gasteiger partial charge in [0.2, 0.25) is 0 Å². The molecule has 29 heavy (non-hydrogen) atoms. The number of ether oxygens (including phenoxy) is 2. The number of aryl methyl sites for hydroxylation is 2. The fourth-order valence-corrected chi connectivity index (χ4v) is 2.99. The van der Waals surface area contributed by atoms with E-state index in [0.717, 1.165) is 62.0 Å². The van der Waals surface area contributed by atoms with Crippen LogP contribution in [0.1, 0.15) is 30.2 Å². The van der Waals surface area contributed by atoms with Crippen LogP contribution in [0.3, 0.4) is 0 Å². The summed E-state index contributed by atoms with van der Waals surface area (Å²) in [5.74, 6) is 2.45.